The van der Waals surface area contributed by atoms with Crippen LogP contribution in [-0.4, -0.2) is 61.2 Å². The zero-order valence-corrected chi connectivity index (χ0v) is 24.5. The molecule has 2 aromatic heterocycles. The number of carbonyl (C=O) groups excluding carboxylic acids is 1. The number of carbonyl (C=O) groups is 1. The molecule has 0 aliphatic carbocycles. The lowest BCUT2D eigenvalue weighted by molar-refractivity contribution is 0.0949. The Hall–Kier alpha value is -3.96. The van der Waals surface area contributed by atoms with Gasteiger partial charge in [-0.25, -0.2) is 14.4 Å². The van der Waals surface area contributed by atoms with Gasteiger partial charge in [0, 0.05) is 11.5 Å². The lowest BCUT2D eigenvalue weighted by Gasteiger charge is -2.13. The van der Waals surface area contributed by atoms with Crippen LogP contribution in [0.2, 0.25) is 0 Å². The molecule has 3 heterocycles. The van der Waals surface area contributed by atoms with Crippen LogP contribution < -0.4 is 20.6 Å². The Labute approximate surface area is 249 Å². The van der Waals surface area contributed by atoms with Crippen LogP contribution >= 0.6 is 39.5 Å². The molecule has 17 heteroatoms. The van der Waals surface area contributed by atoms with Crippen LogP contribution in [0.15, 0.2) is 55.6 Å². The number of benzene rings is 2. The highest BCUT2D eigenvalue weighted by atomic mass is 79.9. The van der Waals surface area contributed by atoms with Crippen molar-refractivity contribution in [1.82, 2.24) is 30.7 Å². The third-order valence-corrected chi connectivity index (χ3v) is 8.35. The summed E-state index contributed by atoms with van der Waals surface area (Å²) in [6, 6.07) is 9.45. The quantitative estimate of drug-likeness (QED) is 0.187. The van der Waals surface area contributed by atoms with Gasteiger partial charge >= 0.3 is 0 Å². The number of nitrogens with one attached hydrogen (secondary N) is 1. The summed E-state index contributed by atoms with van der Waals surface area (Å²) in [6.07, 6.45) is 1.44. The summed E-state index contributed by atoms with van der Waals surface area (Å²) in [5, 5.41) is 19.5. The van der Waals surface area contributed by atoms with Crippen LogP contribution in [0.5, 0.6) is 11.5 Å². The third kappa shape index (κ3) is 6.86. The summed E-state index contributed by atoms with van der Waals surface area (Å²) in [7, 11) is 1.50. The molecule has 0 saturated heterocycles. The van der Waals surface area contributed by atoms with Gasteiger partial charge in [0.2, 0.25) is 11.6 Å². The molecule has 0 saturated carbocycles. The minimum atomic E-state index is -0.593. The number of aliphatic imine (C=N–C) groups is 1. The highest BCUT2D eigenvalue weighted by Gasteiger charge is 2.25. The van der Waals surface area contributed by atoms with Gasteiger partial charge in [-0.2, -0.15) is 9.78 Å². The summed E-state index contributed by atoms with van der Waals surface area (Å²) in [6.45, 7) is 0.955. The predicted molar refractivity (Wildman–Crippen MR) is 156 cm³/mol. The standard InChI is InChI=1S/C24H21BrFN9O4S2/c1-37-18-9-14(8-16(25)20(18)38-11-13-2-4-15(26)5-3-13)10-29-31-23(36)19-17(12-41-24-28-6-7-40-24)35(34-30-19)22-21(27)32-39-33-22/h2-5,8-10H,6-7,11-12H2,1H3,(H2,27,32)(H,31,36)/b29-10-. The second-order valence-electron chi connectivity index (χ2n) is 8.20. The van der Waals surface area contributed by atoms with E-state index in [0.717, 1.165) is 22.2 Å². The number of rotatable bonds is 10. The number of nitrogens with two attached hydrogens (primary N) is 1. The monoisotopic (exact) mass is 661 g/mol. The molecule has 2 aromatic carbocycles. The van der Waals surface area contributed by atoms with Crippen molar-refractivity contribution in [2.75, 3.05) is 25.1 Å². The van der Waals surface area contributed by atoms with E-state index in [2.05, 4.69) is 56.7 Å². The first kappa shape index (κ1) is 28.6. The lowest BCUT2D eigenvalue weighted by atomic mass is 10.2. The zero-order chi connectivity index (χ0) is 28.8. The van der Waals surface area contributed by atoms with Gasteiger partial charge in [-0.15, -0.1) is 5.10 Å². The molecule has 1 aliphatic rings. The number of amides is 1. The molecule has 0 atom stereocenters. The molecule has 0 spiro atoms. The first-order valence-corrected chi connectivity index (χ1v) is 14.6. The maximum Gasteiger partial charge on any atom is 0.293 e. The molecule has 41 heavy (non-hydrogen) atoms. The number of nitrogen functional groups attached to an aromatic ring is 1. The minimum Gasteiger partial charge on any atom is -0.493 e. The number of thioether (sulfide) groups is 2. The van der Waals surface area contributed by atoms with E-state index in [9.17, 15) is 9.18 Å². The van der Waals surface area contributed by atoms with Crippen LogP contribution in [0.25, 0.3) is 5.82 Å². The average molecular weight is 663 g/mol. The lowest BCUT2D eigenvalue weighted by Crippen LogP contribution is -2.20. The smallest absolute Gasteiger partial charge is 0.293 e. The van der Waals surface area contributed by atoms with Gasteiger partial charge in [-0.05, 0) is 61.6 Å². The Morgan fingerprint density at radius 1 is 1.34 bits per heavy atom. The minimum absolute atomic E-state index is 0.00308. The number of ether oxygens (including phenoxy) is 2. The Balaban J connectivity index is 1.30. The van der Waals surface area contributed by atoms with Gasteiger partial charge < -0.3 is 15.2 Å². The summed E-state index contributed by atoms with van der Waals surface area (Å²) in [5.74, 6) is 1.33. The molecule has 0 radical (unpaired) electrons. The fourth-order valence-electron chi connectivity index (χ4n) is 3.56. The number of anilines is 1. The largest absolute Gasteiger partial charge is 0.493 e. The fraction of sp³-hybridized carbons (Fsp3) is 0.208. The van der Waals surface area contributed by atoms with Crippen LogP contribution in [-0.2, 0) is 12.4 Å². The van der Waals surface area contributed by atoms with E-state index in [1.165, 1.54) is 41.9 Å². The van der Waals surface area contributed by atoms with E-state index in [0.29, 0.717) is 33.0 Å². The Bertz CT molecular complexity index is 1610. The molecule has 13 nitrogen and oxygen atoms in total. The number of methoxy groups -OCH3 is 1. The van der Waals surface area contributed by atoms with Crippen molar-refractivity contribution in [1.29, 1.82) is 0 Å². The van der Waals surface area contributed by atoms with Crippen molar-refractivity contribution in [3.05, 3.63) is 69.2 Å². The molecule has 0 bridgehead atoms. The SMILES string of the molecule is COc1cc(/C=N\NC(=O)c2nnn(-c3nonc3N)c2CSC2=NCCS2)cc(Br)c1OCc1ccc(F)cc1. The molecule has 5 rings (SSSR count). The van der Waals surface area contributed by atoms with Crippen molar-refractivity contribution >= 4 is 61.8 Å². The van der Waals surface area contributed by atoms with Crippen molar-refractivity contribution in [3.8, 4) is 17.3 Å². The Morgan fingerprint density at radius 3 is 2.88 bits per heavy atom. The van der Waals surface area contributed by atoms with E-state index < -0.39 is 5.91 Å². The maximum absolute atomic E-state index is 13.2. The number of hydrazone groups is 1. The maximum atomic E-state index is 13.2. The topological polar surface area (TPSA) is 168 Å². The van der Waals surface area contributed by atoms with Crippen molar-refractivity contribution in [3.63, 3.8) is 0 Å². The molecular weight excluding hydrogens is 641 g/mol. The number of aromatic nitrogens is 5. The highest BCUT2D eigenvalue weighted by Crippen LogP contribution is 2.37. The molecule has 0 unspecified atom stereocenters. The van der Waals surface area contributed by atoms with Gasteiger partial charge in [-0.1, -0.05) is 40.9 Å². The average Bonchev–Trinajstić information content (AvgIpc) is 3.73. The van der Waals surface area contributed by atoms with E-state index in [1.807, 2.05) is 0 Å². The second kappa shape index (κ2) is 13.1. The fourth-order valence-corrected chi connectivity index (χ4v) is 6.13. The van der Waals surface area contributed by atoms with E-state index in [-0.39, 0.29) is 29.8 Å². The molecule has 4 aromatic rings. The summed E-state index contributed by atoms with van der Waals surface area (Å²) in [4.78, 5) is 17.5. The van der Waals surface area contributed by atoms with E-state index in [4.69, 9.17) is 15.2 Å². The summed E-state index contributed by atoms with van der Waals surface area (Å²) >= 11 is 6.57. The molecule has 3 N–H and O–H groups in total. The van der Waals surface area contributed by atoms with Crippen LogP contribution in [0, 0.1) is 5.82 Å². The van der Waals surface area contributed by atoms with Crippen molar-refractivity contribution < 1.29 is 23.3 Å². The molecular formula is C24H21BrFN9O4S2. The number of nitrogens with zero attached hydrogens (tertiary/aromatic N) is 7. The second-order valence-corrected chi connectivity index (χ2v) is 11.4. The first-order chi connectivity index (χ1) is 19.9. The van der Waals surface area contributed by atoms with Crippen LogP contribution in [0.1, 0.15) is 27.3 Å². The van der Waals surface area contributed by atoms with E-state index in [1.54, 1.807) is 36.0 Å². The van der Waals surface area contributed by atoms with Gasteiger partial charge in [0.15, 0.2) is 17.2 Å². The summed E-state index contributed by atoms with van der Waals surface area (Å²) < 4.78 is 32.0. The van der Waals surface area contributed by atoms with Crippen molar-refractivity contribution in [2.45, 2.75) is 12.4 Å². The Morgan fingerprint density at radius 2 is 2.17 bits per heavy atom. The van der Waals surface area contributed by atoms with E-state index >= 15 is 0 Å². The molecule has 1 aliphatic heterocycles. The van der Waals surface area contributed by atoms with Gasteiger partial charge in [0.25, 0.3) is 5.91 Å². The van der Waals surface area contributed by atoms with Crippen LogP contribution in [0.3, 0.4) is 0 Å². The normalized spacial score (nSPS) is 13.0. The van der Waals surface area contributed by atoms with Crippen LogP contribution in [0.4, 0.5) is 10.2 Å². The number of halogens is 2. The number of hydrogen-bond acceptors (Lipinski definition) is 13. The molecule has 0 fully saturated rings. The number of hydrogen-bond donors (Lipinski definition) is 2. The molecule has 1 amide bonds. The molecule has 212 valence electrons. The Kier molecular flexibility index (Phi) is 9.15. The third-order valence-electron chi connectivity index (χ3n) is 5.49. The first-order valence-electron chi connectivity index (χ1n) is 11.8. The highest BCUT2D eigenvalue weighted by molar-refractivity contribution is 9.10. The zero-order valence-electron chi connectivity index (χ0n) is 21.3. The van der Waals surface area contributed by atoms with Crippen molar-refractivity contribution in [2.24, 2.45) is 10.1 Å². The van der Waals surface area contributed by atoms with Gasteiger partial charge in [0.05, 0.1) is 30.0 Å². The predicted octanol–water partition coefficient (Wildman–Crippen LogP) is 3.82. The van der Waals surface area contributed by atoms with Gasteiger partial charge in [0.1, 0.15) is 16.8 Å². The van der Waals surface area contributed by atoms with Gasteiger partial charge in [-0.3, -0.25) is 9.79 Å². The summed E-state index contributed by atoms with van der Waals surface area (Å²) in [5.41, 5.74) is 10.2.